The van der Waals surface area contributed by atoms with Crippen LogP contribution in [0.2, 0.25) is 0 Å². The number of rotatable bonds is 4. The van der Waals surface area contributed by atoms with Crippen LogP contribution in [0.4, 0.5) is 0 Å². The molecule has 164 valence electrons. The number of ether oxygens (including phenoxy) is 1. The maximum absolute atomic E-state index is 13.0. The highest BCUT2D eigenvalue weighted by molar-refractivity contribution is 7.10. The van der Waals surface area contributed by atoms with E-state index in [0.29, 0.717) is 19.5 Å². The van der Waals surface area contributed by atoms with Crippen LogP contribution in [-0.2, 0) is 40.3 Å². The Morgan fingerprint density at radius 3 is 2.69 bits per heavy atom. The Morgan fingerprint density at radius 1 is 1.03 bits per heavy atom. The van der Waals surface area contributed by atoms with Crippen molar-refractivity contribution in [3.63, 3.8) is 0 Å². The number of esters is 1. The van der Waals surface area contributed by atoms with Gasteiger partial charge in [0.15, 0.2) is 12.4 Å². The lowest BCUT2D eigenvalue weighted by atomic mass is 9.93. The topological polar surface area (TPSA) is 80.1 Å². The highest BCUT2D eigenvalue weighted by Crippen LogP contribution is 2.27. The van der Waals surface area contributed by atoms with Crippen LogP contribution in [0.15, 0.2) is 58.5 Å². The molecular formula is C24H22N2O5S. The highest BCUT2D eigenvalue weighted by atomic mass is 32.1. The molecule has 3 aromatic rings. The van der Waals surface area contributed by atoms with Gasteiger partial charge in [0, 0.05) is 30.9 Å². The largest absolute Gasteiger partial charge is 0.459 e. The Labute approximate surface area is 189 Å². The molecule has 0 saturated carbocycles. The van der Waals surface area contributed by atoms with Crippen LogP contribution < -0.4 is 0 Å². The van der Waals surface area contributed by atoms with Gasteiger partial charge in [0.2, 0.25) is 0 Å². The van der Waals surface area contributed by atoms with Gasteiger partial charge in [-0.15, -0.1) is 11.3 Å². The number of carbonyl (C=O) groups excluding carboxylic acids is 3. The van der Waals surface area contributed by atoms with Gasteiger partial charge in [-0.25, -0.2) is 4.79 Å². The summed E-state index contributed by atoms with van der Waals surface area (Å²) in [5.41, 5.74) is 3.12. The summed E-state index contributed by atoms with van der Waals surface area (Å²) in [5, 5.41) is 2.03. The van der Waals surface area contributed by atoms with Crippen molar-refractivity contribution in [3.8, 4) is 0 Å². The summed E-state index contributed by atoms with van der Waals surface area (Å²) in [5.74, 6) is -1.02. The minimum absolute atomic E-state index is 0.165. The van der Waals surface area contributed by atoms with E-state index in [2.05, 4.69) is 0 Å². The zero-order chi connectivity index (χ0) is 22.1. The van der Waals surface area contributed by atoms with Gasteiger partial charge >= 0.3 is 5.97 Å². The Kier molecular flexibility index (Phi) is 5.53. The molecule has 2 aliphatic heterocycles. The molecule has 4 heterocycles. The van der Waals surface area contributed by atoms with Crippen molar-refractivity contribution in [1.82, 2.24) is 9.80 Å². The molecule has 7 nitrogen and oxygen atoms in total. The van der Waals surface area contributed by atoms with E-state index in [1.165, 1.54) is 16.0 Å². The van der Waals surface area contributed by atoms with E-state index >= 15 is 0 Å². The Morgan fingerprint density at radius 2 is 1.88 bits per heavy atom. The van der Waals surface area contributed by atoms with E-state index in [-0.39, 0.29) is 30.7 Å². The number of amides is 2. The van der Waals surface area contributed by atoms with Crippen molar-refractivity contribution in [2.24, 2.45) is 0 Å². The van der Waals surface area contributed by atoms with Crippen LogP contribution in [0.25, 0.3) is 0 Å². The first-order chi connectivity index (χ1) is 15.6. The predicted molar refractivity (Wildman–Crippen MR) is 117 cm³/mol. The molecule has 2 aromatic heterocycles. The average molecular weight is 451 g/mol. The standard InChI is InChI=1S/C24H22N2O5S/c27-22(25-9-7-21-18(13-25)8-11-32-21)15-31-24(29)19-12-16-4-1-2-5-17(16)14-26(19)23(28)20-6-3-10-30-20/h1-6,8,10-11,19H,7,9,12-15H2/t19-/m0/s1. The molecule has 1 atom stereocenters. The first-order valence-corrected chi connectivity index (χ1v) is 11.4. The molecule has 0 aliphatic carbocycles. The third-order valence-corrected chi connectivity index (χ3v) is 7.03. The predicted octanol–water partition coefficient (Wildman–Crippen LogP) is 3.04. The number of carbonyl (C=O) groups is 3. The normalized spacial score (nSPS) is 17.4. The summed E-state index contributed by atoms with van der Waals surface area (Å²) in [6.45, 7) is 1.09. The number of hydrogen-bond acceptors (Lipinski definition) is 6. The minimum Gasteiger partial charge on any atom is -0.459 e. The molecule has 8 heteroatoms. The lowest BCUT2D eigenvalue weighted by Gasteiger charge is -2.35. The van der Waals surface area contributed by atoms with E-state index in [0.717, 1.165) is 23.1 Å². The monoisotopic (exact) mass is 450 g/mol. The molecule has 0 saturated heterocycles. The molecule has 0 radical (unpaired) electrons. The van der Waals surface area contributed by atoms with E-state index in [9.17, 15) is 14.4 Å². The molecule has 2 amide bonds. The number of nitrogens with zero attached hydrogens (tertiary/aromatic N) is 2. The fourth-order valence-electron chi connectivity index (χ4n) is 4.27. The summed E-state index contributed by atoms with van der Waals surface area (Å²) >= 11 is 1.70. The summed E-state index contributed by atoms with van der Waals surface area (Å²) < 4.78 is 10.7. The smallest absolute Gasteiger partial charge is 0.329 e. The lowest BCUT2D eigenvalue weighted by Crippen LogP contribution is -2.50. The molecule has 1 aromatic carbocycles. The van der Waals surface area contributed by atoms with Crippen LogP contribution in [-0.4, -0.2) is 46.8 Å². The number of benzene rings is 1. The second-order valence-corrected chi connectivity index (χ2v) is 8.94. The molecule has 0 bridgehead atoms. The van der Waals surface area contributed by atoms with Crippen molar-refractivity contribution >= 4 is 29.1 Å². The van der Waals surface area contributed by atoms with Crippen LogP contribution >= 0.6 is 11.3 Å². The Hall–Kier alpha value is -3.39. The molecule has 32 heavy (non-hydrogen) atoms. The van der Waals surface area contributed by atoms with E-state index in [4.69, 9.17) is 9.15 Å². The third kappa shape index (κ3) is 3.93. The van der Waals surface area contributed by atoms with Gasteiger partial charge in [-0.05, 0) is 46.7 Å². The first kappa shape index (κ1) is 20.5. The zero-order valence-corrected chi connectivity index (χ0v) is 18.2. The van der Waals surface area contributed by atoms with E-state index in [1.807, 2.05) is 35.7 Å². The highest BCUT2D eigenvalue weighted by Gasteiger charge is 2.37. The summed E-state index contributed by atoms with van der Waals surface area (Å²) in [4.78, 5) is 43.2. The van der Waals surface area contributed by atoms with Crippen LogP contribution in [0.1, 0.15) is 32.1 Å². The maximum atomic E-state index is 13.0. The molecule has 0 fully saturated rings. The van der Waals surface area contributed by atoms with Gasteiger partial charge in [-0.1, -0.05) is 24.3 Å². The number of thiophene rings is 1. The first-order valence-electron chi connectivity index (χ1n) is 10.5. The van der Waals surface area contributed by atoms with Crippen molar-refractivity contribution in [1.29, 1.82) is 0 Å². The van der Waals surface area contributed by atoms with Gasteiger partial charge in [0.25, 0.3) is 11.8 Å². The van der Waals surface area contributed by atoms with Gasteiger partial charge in [-0.3, -0.25) is 9.59 Å². The minimum atomic E-state index is -0.819. The van der Waals surface area contributed by atoms with Crippen molar-refractivity contribution in [2.75, 3.05) is 13.2 Å². The summed E-state index contributed by atoms with van der Waals surface area (Å²) in [6.07, 6.45) is 2.57. The van der Waals surface area contributed by atoms with Gasteiger partial charge in [-0.2, -0.15) is 0 Å². The van der Waals surface area contributed by atoms with Crippen LogP contribution in [0.3, 0.4) is 0 Å². The number of fused-ring (bicyclic) bond motifs is 2. The average Bonchev–Trinajstić information content (AvgIpc) is 3.52. The lowest BCUT2D eigenvalue weighted by molar-refractivity contribution is -0.156. The van der Waals surface area contributed by atoms with Crippen molar-refractivity contribution in [3.05, 3.63) is 81.4 Å². The van der Waals surface area contributed by atoms with E-state index < -0.39 is 12.0 Å². The zero-order valence-electron chi connectivity index (χ0n) is 17.4. The van der Waals surface area contributed by atoms with Crippen LogP contribution in [0, 0.1) is 0 Å². The SMILES string of the molecule is O=C(OCC(=O)N1CCc2sccc2C1)[C@@H]1Cc2ccccc2CN1C(=O)c1ccco1. The quantitative estimate of drug-likeness (QED) is 0.571. The molecule has 0 N–H and O–H groups in total. The molecule has 2 aliphatic rings. The number of hydrogen-bond donors (Lipinski definition) is 0. The Balaban J connectivity index is 1.28. The second kappa shape index (κ2) is 8.63. The van der Waals surface area contributed by atoms with Gasteiger partial charge < -0.3 is 19.0 Å². The Bertz CT molecular complexity index is 1150. The number of furan rings is 1. The fraction of sp³-hybridized carbons (Fsp3) is 0.292. The molecular weight excluding hydrogens is 428 g/mol. The van der Waals surface area contributed by atoms with Crippen LogP contribution in [0.5, 0.6) is 0 Å². The summed E-state index contributed by atoms with van der Waals surface area (Å²) in [6, 6.07) is 12.1. The van der Waals surface area contributed by atoms with Gasteiger partial charge in [0.05, 0.1) is 6.26 Å². The van der Waals surface area contributed by atoms with Crippen molar-refractivity contribution in [2.45, 2.75) is 32.0 Å². The van der Waals surface area contributed by atoms with E-state index in [1.54, 1.807) is 28.4 Å². The van der Waals surface area contributed by atoms with Gasteiger partial charge in [0.1, 0.15) is 6.04 Å². The summed E-state index contributed by atoms with van der Waals surface area (Å²) in [7, 11) is 0. The third-order valence-electron chi connectivity index (χ3n) is 6.01. The molecule has 5 rings (SSSR count). The maximum Gasteiger partial charge on any atom is 0.329 e. The molecule has 0 spiro atoms. The fourth-order valence-corrected chi connectivity index (χ4v) is 5.16. The molecule has 0 unspecified atom stereocenters. The van der Waals surface area contributed by atoms with Crippen molar-refractivity contribution < 1.29 is 23.5 Å². The second-order valence-electron chi connectivity index (χ2n) is 7.94.